The number of benzene rings is 1. The van der Waals surface area contributed by atoms with Crippen molar-refractivity contribution in [1.29, 1.82) is 0 Å². The Balaban J connectivity index is 2.03. The first-order valence-corrected chi connectivity index (χ1v) is 6.96. The van der Waals surface area contributed by atoms with Gasteiger partial charge in [-0.1, -0.05) is 18.2 Å². The number of methoxy groups -OCH3 is 1. The summed E-state index contributed by atoms with van der Waals surface area (Å²) in [7, 11) is 1.29. The van der Waals surface area contributed by atoms with Crippen molar-refractivity contribution in [3.63, 3.8) is 0 Å². The minimum absolute atomic E-state index is 0.105. The molecule has 0 bridgehead atoms. The summed E-state index contributed by atoms with van der Waals surface area (Å²) >= 11 is 0. The predicted molar refractivity (Wildman–Crippen MR) is 73.1 cm³/mol. The van der Waals surface area contributed by atoms with Gasteiger partial charge in [0, 0.05) is 19.6 Å². The highest BCUT2D eigenvalue weighted by molar-refractivity contribution is 5.69. The SMILES string of the molecule is COC(=O)C[C@@H]1CN(Cc2ccccc2C(F)(F)F)CCO1. The van der Waals surface area contributed by atoms with Crippen LogP contribution in [0.15, 0.2) is 24.3 Å². The van der Waals surface area contributed by atoms with E-state index in [0.29, 0.717) is 19.7 Å². The molecule has 22 heavy (non-hydrogen) atoms. The molecule has 1 saturated heterocycles. The Labute approximate surface area is 126 Å². The maximum absolute atomic E-state index is 13.0. The van der Waals surface area contributed by atoms with E-state index in [0.717, 1.165) is 6.07 Å². The molecule has 1 atom stereocenters. The molecule has 1 aromatic carbocycles. The van der Waals surface area contributed by atoms with E-state index in [4.69, 9.17) is 4.74 Å². The Morgan fingerprint density at radius 3 is 2.82 bits per heavy atom. The van der Waals surface area contributed by atoms with Crippen LogP contribution in [0.5, 0.6) is 0 Å². The lowest BCUT2D eigenvalue weighted by molar-refractivity contribution is -0.145. The predicted octanol–water partition coefficient (Wildman–Crippen LogP) is 2.47. The minimum atomic E-state index is -4.37. The lowest BCUT2D eigenvalue weighted by Gasteiger charge is -2.33. The molecule has 1 aliphatic heterocycles. The summed E-state index contributed by atoms with van der Waals surface area (Å²) in [6.07, 6.45) is -4.61. The van der Waals surface area contributed by atoms with E-state index in [-0.39, 0.29) is 30.6 Å². The molecule has 1 fully saturated rings. The first-order valence-electron chi connectivity index (χ1n) is 6.96. The second-order valence-electron chi connectivity index (χ2n) is 5.16. The number of carbonyl (C=O) groups excluding carboxylic acids is 1. The topological polar surface area (TPSA) is 38.8 Å². The van der Waals surface area contributed by atoms with Gasteiger partial charge in [-0.15, -0.1) is 0 Å². The van der Waals surface area contributed by atoms with Gasteiger partial charge in [-0.25, -0.2) is 0 Å². The normalized spacial score (nSPS) is 19.9. The molecular formula is C15H18F3NO3. The number of nitrogens with zero attached hydrogens (tertiary/aromatic N) is 1. The molecule has 0 N–H and O–H groups in total. The third kappa shape index (κ3) is 4.45. The van der Waals surface area contributed by atoms with Gasteiger partial charge in [0.05, 0.1) is 31.8 Å². The van der Waals surface area contributed by atoms with Gasteiger partial charge in [-0.2, -0.15) is 13.2 Å². The van der Waals surface area contributed by atoms with Gasteiger partial charge in [-0.3, -0.25) is 9.69 Å². The fourth-order valence-corrected chi connectivity index (χ4v) is 2.49. The molecule has 4 nitrogen and oxygen atoms in total. The summed E-state index contributed by atoms with van der Waals surface area (Å²) < 4.78 is 49.0. The van der Waals surface area contributed by atoms with Crippen molar-refractivity contribution in [2.75, 3.05) is 26.8 Å². The Bertz CT molecular complexity index is 519. The van der Waals surface area contributed by atoms with Crippen molar-refractivity contribution in [2.45, 2.75) is 25.2 Å². The number of esters is 1. The third-order valence-electron chi connectivity index (χ3n) is 3.56. The van der Waals surface area contributed by atoms with Crippen LogP contribution in [-0.2, 0) is 27.0 Å². The van der Waals surface area contributed by atoms with E-state index in [1.54, 1.807) is 6.07 Å². The van der Waals surface area contributed by atoms with Gasteiger partial charge >= 0.3 is 12.1 Å². The van der Waals surface area contributed by atoms with Crippen molar-refractivity contribution >= 4 is 5.97 Å². The van der Waals surface area contributed by atoms with E-state index < -0.39 is 11.7 Å². The number of ether oxygens (including phenoxy) is 2. The lowest BCUT2D eigenvalue weighted by atomic mass is 10.1. The fourth-order valence-electron chi connectivity index (χ4n) is 2.49. The summed E-state index contributed by atoms with van der Waals surface area (Å²) in [5.74, 6) is -0.387. The van der Waals surface area contributed by atoms with E-state index in [1.807, 2.05) is 4.90 Å². The summed E-state index contributed by atoms with van der Waals surface area (Å²) in [4.78, 5) is 13.1. The molecule has 7 heteroatoms. The van der Waals surface area contributed by atoms with Gasteiger partial charge in [0.2, 0.25) is 0 Å². The van der Waals surface area contributed by atoms with Crippen molar-refractivity contribution in [2.24, 2.45) is 0 Å². The number of rotatable bonds is 4. The highest BCUT2D eigenvalue weighted by atomic mass is 19.4. The number of alkyl halides is 3. The molecule has 0 radical (unpaired) electrons. The van der Waals surface area contributed by atoms with Crippen LogP contribution in [0, 0.1) is 0 Å². The molecule has 1 heterocycles. The Morgan fingerprint density at radius 1 is 1.41 bits per heavy atom. The maximum atomic E-state index is 13.0. The molecule has 0 aromatic heterocycles. The zero-order valence-electron chi connectivity index (χ0n) is 12.2. The molecular weight excluding hydrogens is 299 g/mol. The van der Waals surface area contributed by atoms with Gasteiger partial charge in [0.1, 0.15) is 0 Å². The van der Waals surface area contributed by atoms with Gasteiger partial charge in [0.25, 0.3) is 0 Å². The van der Waals surface area contributed by atoms with Crippen LogP contribution < -0.4 is 0 Å². The van der Waals surface area contributed by atoms with Crippen LogP contribution in [0.2, 0.25) is 0 Å². The Hall–Kier alpha value is -1.60. The standard InChI is InChI=1S/C15H18F3NO3/c1-21-14(20)8-12-10-19(6-7-22-12)9-11-4-2-3-5-13(11)15(16,17)18/h2-5,12H,6-10H2,1H3/t12-/m1/s1. The highest BCUT2D eigenvalue weighted by Gasteiger charge is 2.33. The van der Waals surface area contributed by atoms with Crippen LogP contribution in [0.4, 0.5) is 13.2 Å². The second kappa shape index (κ2) is 7.11. The van der Waals surface area contributed by atoms with Gasteiger partial charge in [-0.05, 0) is 11.6 Å². The fraction of sp³-hybridized carbons (Fsp3) is 0.533. The largest absolute Gasteiger partial charge is 0.469 e. The average molecular weight is 317 g/mol. The molecule has 2 rings (SSSR count). The van der Waals surface area contributed by atoms with Crippen LogP contribution in [0.25, 0.3) is 0 Å². The van der Waals surface area contributed by atoms with E-state index in [1.165, 1.54) is 19.2 Å². The zero-order valence-corrected chi connectivity index (χ0v) is 12.2. The maximum Gasteiger partial charge on any atom is 0.416 e. The first kappa shape index (κ1) is 16.8. The number of carbonyl (C=O) groups is 1. The number of halogens is 3. The Morgan fingerprint density at radius 2 is 2.14 bits per heavy atom. The Kier molecular flexibility index (Phi) is 5.42. The molecule has 0 aliphatic carbocycles. The number of morpholine rings is 1. The number of hydrogen-bond donors (Lipinski definition) is 0. The number of hydrogen-bond acceptors (Lipinski definition) is 4. The summed E-state index contributed by atoms with van der Waals surface area (Å²) in [6, 6.07) is 5.54. The van der Waals surface area contributed by atoms with E-state index in [2.05, 4.69) is 4.74 Å². The molecule has 122 valence electrons. The van der Waals surface area contributed by atoms with Crippen molar-refractivity contribution in [3.8, 4) is 0 Å². The van der Waals surface area contributed by atoms with Crippen LogP contribution in [0.3, 0.4) is 0 Å². The van der Waals surface area contributed by atoms with Crippen molar-refractivity contribution < 1.29 is 27.4 Å². The van der Waals surface area contributed by atoms with E-state index >= 15 is 0 Å². The molecule has 1 aliphatic rings. The van der Waals surface area contributed by atoms with Crippen molar-refractivity contribution in [3.05, 3.63) is 35.4 Å². The monoisotopic (exact) mass is 317 g/mol. The quantitative estimate of drug-likeness (QED) is 0.800. The van der Waals surface area contributed by atoms with Crippen LogP contribution >= 0.6 is 0 Å². The summed E-state index contributed by atoms with van der Waals surface area (Å²) in [5, 5.41) is 0. The van der Waals surface area contributed by atoms with Crippen LogP contribution in [-0.4, -0.2) is 43.8 Å². The summed E-state index contributed by atoms with van der Waals surface area (Å²) in [6.45, 7) is 1.50. The molecule has 0 saturated carbocycles. The minimum Gasteiger partial charge on any atom is -0.469 e. The second-order valence-corrected chi connectivity index (χ2v) is 5.16. The first-order chi connectivity index (χ1) is 10.4. The third-order valence-corrected chi connectivity index (χ3v) is 3.56. The van der Waals surface area contributed by atoms with Gasteiger partial charge in [0.15, 0.2) is 0 Å². The van der Waals surface area contributed by atoms with Crippen LogP contribution in [0.1, 0.15) is 17.5 Å². The van der Waals surface area contributed by atoms with E-state index in [9.17, 15) is 18.0 Å². The molecule has 0 spiro atoms. The lowest BCUT2D eigenvalue weighted by Crippen LogP contribution is -2.43. The van der Waals surface area contributed by atoms with Gasteiger partial charge < -0.3 is 9.47 Å². The average Bonchev–Trinajstić information content (AvgIpc) is 2.47. The summed E-state index contributed by atoms with van der Waals surface area (Å²) in [5.41, 5.74) is -0.389. The molecule has 1 aromatic rings. The zero-order chi connectivity index (χ0) is 16.2. The highest BCUT2D eigenvalue weighted by Crippen LogP contribution is 2.32. The van der Waals surface area contributed by atoms with Crippen molar-refractivity contribution in [1.82, 2.24) is 4.90 Å². The molecule has 0 unspecified atom stereocenters. The smallest absolute Gasteiger partial charge is 0.416 e. The molecule has 0 amide bonds.